The van der Waals surface area contributed by atoms with Gasteiger partial charge in [-0.3, -0.25) is 14.0 Å². The summed E-state index contributed by atoms with van der Waals surface area (Å²) in [6, 6.07) is 13.7. The standard InChI is InChI=1S/C22H24N4O2/c1-15(17-10-8-16(9-11-17)13-18-5-4-6-19(18)27)22(28)23-14-21-25-24-20-7-2-3-12-26(20)21/h2-3,7-12,15,18H,4-6,13-14H2,1H3,(H,23,28). The molecule has 2 atom stereocenters. The second-order valence-corrected chi connectivity index (χ2v) is 7.49. The van der Waals surface area contributed by atoms with E-state index in [1.807, 2.05) is 60.0 Å². The highest BCUT2D eigenvalue weighted by atomic mass is 16.2. The van der Waals surface area contributed by atoms with Gasteiger partial charge in [0.05, 0.1) is 12.5 Å². The van der Waals surface area contributed by atoms with E-state index in [2.05, 4.69) is 15.5 Å². The molecule has 1 aliphatic rings. The Morgan fingerprint density at radius 1 is 1.21 bits per heavy atom. The minimum absolute atomic E-state index is 0.0496. The van der Waals surface area contributed by atoms with E-state index in [1.165, 1.54) is 0 Å². The fourth-order valence-electron chi connectivity index (χ4n) is 3.81. The molecule has 2 unspecified atom stereocenters. The van der Waals surface area contributed by atoms with Crippen molar-refractivity contribution in [2.24, 2.45) is 5.92 Å². The van der Waals surface area contributed by atoms with Crippen LogP contribution in [0.5, 0.6) is 0 Å². The van der Waals surface area contributed by atoms with E-state index >= 15 is 0 Å². The van der Waals surface area contributed by atoms with Crippen molar-refractivity contribution in [3.63, 3.8) is 0 Å². The van der Waals surface area contributed by atoms with Crippen molar-refractivity contribution in [3.8, 4) is 0 Å². The van der Waals surface area contributed by atoms with Crippen molar-refractivity contribution < 1.29 is 9.59 Å². The Kier molecular flexibility index (Phi) is 5.19. The van der Waals surface area contributed by atoms with Crippen LogP contribution in [-0.2, 0) is 22.6 Å². The molecular formula is C22H24N4O2. The average molecular weight is 376 g/mol. The fourth-order valence-corrected chi connectivity index (χ4v) is 3.81. The number of nitrogens with zero attached hydrogens (tertiary/aromatic N) is 3. The quantitative estimate of drug-likeness (QED) is 0.717. The van der Waals surface area contributed by atoms with E-state index in [0.717, 1.165) is 42.5 Å². The van der Waals surface area contributed by atoms with Gasteiger partial charge < -0.3 is 5.32 Å². The average Bonchev–Trinajstić information content (AvgIpc) is 3.32. The molecule has 0 spiro atoms. The first kappa shape index (κ1) is 18.3. The number of carbonyl (C=O) groups excluding carboxylic acids is 2. The second kappa shape index (κ2) is 7.92. The van der Waals surface area contributed by atoms with Crippen molar-refractivity contribution in [1.29, 1.82) is 0 Å². The number of hydrogen-bond donors (Lipinski definition) is 1. The lowest BCUT2D eigenvalue weighted by Crippen LogP contribution is -2.28. The van der Waals surface area contributed by atoms with Gasteiger partial charge in [-0.1, -0.05) is 30.3 Å². The molecule has 1 amide bonds. The van der Waals surface area contributed by atoms with Crippen LogP contribution in [0.3, 0.4) is 0 Å². The molecule has 1 saturated carbocycles. The van der Waals surface area contributed by atoms with E-state index in [0.29, 0.717) is 18.2 Å². The number of hydrogen-bond acceptors (Lipinski definition) is 4. The predicted octanol–water partition coefficient (Wildman–Crippen LogP) is 3.06. The number of aromatic nitrogens is 3. The number of pyridine rings is 1. The molecule has 1 N–H and O–H groups in total. The molecule has 0 bridgehead atoms. The smallest absolute Gasteiger partial charge is 0.227 e. The zero-order chi connectivity index (χ0) is 19.5. The van der Waals surface area contributed by atoms with Gasteiger partial charge in [0.2, 0.25) is 5.91 Å². The van der Waals surface area contributed by atoms with Crippen LogP contribution in [0.1, 0.15) is 49.1 Å². The first-order valence-electron chi connectivity index (χ1n) is 9.80. The van der Waals surface area contributed by atoms with Gasteiger partial charge in [-0.15, -0.1) is 10.2 Å². The molecule has 1 aromatic carbocycles. The topological polar surface area (TPSA) is 76.4 Å². The zero-order valence-electron chi connectivity index (χ0n) is 16.0. The molecule has 144 valence electrons. The van der Waals surface area contributed by atoms with E-state index in [4.69, 9.17) is 0 Å². The van der Waals surface area contributed by atoms with Gasteiger partial charge in [-0.25, -0.2) is 0 Å². The van der Waals surface area contributed by atoms with Crippen LogP contribution >= 0.6 is 0 Å². The van der Waals surface area contributed by atoms with Crippen LogP contribution in [0.15, 0.2) is 48.7 Å². The van der Waals surface area contributed by atoms with Gasteiger partial charge in [0.15, 0.2) is 11.5 Å². The lowest BCUT2D eigenvalue weighted by atomic mass is 9.94. The van der Waals surface area contributed by atoms with E-state index in [1.54, 1.807) is 0 Å². The molecule has 6 heteroatoms. The Morgan fingerprint density at radius 3 is 2.79 bits per heavy atom. The van der Waals surface area contributed by atoms with Crippen LogP contribution in [0.2, 0.25) is 0 Å². The van der Waals surface area contributed by atoms with Crippen LogP contribution in [0, 0.1) is 5.92 Å². The molecule has 28 heavy (non-hydrogen) atoms. The van der Waals surface area contributed by atoms with Crippen LogP contribution < -0.4 is 5.32 Å². The lowest BCUT2D eigenvalue weighted by Gasteiger charge is -2.14. The number of rotatable bonds is 6. The van der Waals surface area contributed by atoms with Crippen molar-refractivity contribution >= 4 is 17.3 Å². The maximum atomic E-state index is 12.6. The molecule has 2 aromatic heterocycles. The van der Waals surface area contributed by atoms with Crippen LogP contribution in [-0.4, -0.2) is 26.3 Å². The Bertz CT molecular complexity index is 993. The normalized spacial score (nSPS) is 17.8. The molecule has 0 radical (unpaired) electrons. The van der Waals surface area contributed by atoms with Gasteiger partial charge in [-0.2, -0.15) is 0 Å². The summed E-state index contributed by atoms with van der Waals surface area (Å²) in [6.07, 6.45) is 5.42. The summed E-state index contributed by atoms with van der Waals surface area (Å²) in [5.41, 5.74) is 2.88. The Morgan fingerprint density at radius 2 is 2.04 bits per heavy atom. The van der Waals surface area contributed by atoms with Gasteiger partial charge in [0.25, 0.3) is 0 Å². The van der Waals surface area contributed by atoms with E-state index in [-0.39, 0.29) is 17.7 Å². The fraction of sp³-hybridized carbons (Fsp3) is 0.364. The van der Waals surface area contributed by atoms with E-state index < -0.39 is 0 Å². The molecule has 6 nitrogen and oxygen atoms in total. The number of amides is 1. The predicted molar refractivity (Wildman–Crippen MR) is 106 cm³/mol. The van der Waals surface area contributed by atoms with Crippen molar-refractivity contribution in [2.75, 3.05) is 0 Å². The molecule has 2 heterocycles. The summed E-state index contributed by atoms with van der Waals surface area (Å²) in [5, 5.41) is 11.2. The highest BCUT2D eigenvalue weighted by Gasteiger charge is 2.24. The van der Waals surface area contributed by atoms with Gasteiger partial charge in [0.1, 0.15) is 5.78 Å². The number of fused-ring (bicyclic) bond motifs is 1. The summed E-state index contributed by atoms with van der Waals surface area (Å²) >= 11 is 0. The SMILES string of the molecule is CC(C(=O)NCc1nnc2ccccn12)c1ccc(CC2CCCC2=O)cc1. The van der Waals surface area contributed by atoms with E-state index in [9.17, 15) is 9.59 Å². The molecular weight excluding hydrogens is 352 g/mol. The first-order chi connectivity index (χ1) is 13.6. The van der Waals surface area contributed by atoms with Gasteiger partial charge in [0, 0.05) is 18.5 Å². The number of carbonyl (C=O) groups is 2. The molecule has 3 aromatic rings. The molecule has 4 rings (SSSR count). The zero-order valence-corrected chi connectivity index (χ0v) is 16.0. The largest absolute Gasteiger partial charge is 0.348 e. The van der Waals surface area contributed by atoms with Crippen molar-refractivity contribution in [2.45, 2.75) is 45.1 Å². The highest BCUT2D eigenvalue weighted by Crippen LogP contribution is 2.26. The first-order valence-corrected chi connectivity index (χ1v) is 9.80. The molecule has 1 fully saturated rings. The van der Waals surface area contributed by atoms with Crippen LogP contribution in [0.4, 0.5) is 0 Å². The maximum absolute atomic E-state index is 12.6. The third-order valence-electron chi connectivity index (χ3n) is 5.59. The highest BCUT2D eigenvalue weighted by molar-refractivity contribution is 5.83. The summed E-state index contributed by atoms with van der Waals surface area (Å²) in [5.74, 6) is 0.947. The molecule has 1 aliphatic carbocycles. The maximum Gasteiger partial charge on any atom is 0.227 e. The summed E-state index contributed by atoms with van der Waals surface area (Å²) in [6.45, 7) is 2.23. The summed E-state index contributed by atoms with van der Waals surface area (Å²) in [4.78, 5) is 24.4. The van der Waals surface area contributed by atoms with Crippen molar-refractivity contribution in [3.05, 3.63) is 65.6 Å². The minimum atomic E-state index is -0.263. The number of Topliss-reactive ketones (excluding diaryl/α,β-unsaturated/α-hetero) is 1. The third-order valence-corrected chi connectivity index (χ3v) is 5.59. The molecule has 0 saturated heterocycles. The number of ketones is 1. The van der Waals surface area contributed by atoms with Crippen molar-refractivity contribution in [1.82, 2.24) is 19.9 Å². The number of nitrogens with one attached hydrogen (secondary N) is 1. The van der Waals surface area contributed by atoms with Gasteiger partial charge >= 0.3 is 0 Å². The molecule has 0 aliphatic heterocycles. The Labute approximate surface area is 164 Å². The summed E-state index contributed by atoms with van der Waals surface area (Å²) < 4.78 is 1.87. The Hall–Kier alpha value is -3.02. The Balaban J connectivity index is 1.36. The second-order valence-electron chi connectivity index (χ2n) is 7.49. The minimum Gasteiger partial charge on any atom is -0.348 e. The monoisotopic (exact) mass is 376 g/mol. The lowest BCUT2D eigenvalue weighted by molar-refractivity contribution is -0.122. The van der Waals surface area contributed by atoms with Crippen LogP contribution in [0.25, 0.3) is 5.65 Å². The van der Waals surface area contributed by atoms with Gasteiger partial charge in [-0.05, 0) is 49.4 Å². The number of benzene rings is 1. The third kappa shape index (κ3) is 3.81. The summed E-state index contributed by atoms with van der Waals surface area (Å²) in [7, 11) is 0.